The molecule has 0 saturated carbocycles. The molecule has 0 aromatic heterocycles. The number of rotatable bonds is 1. The molecule has 0 radical (unpaired) electrons. The Balaban J connectivity index is 3.08. The topological polar surface area (TPSA) is 52.9 Å². The zero-order valence-corrected chi connectivity index (χ0v) is 11.3. The van der Waals surface area contributed by atoms with Gasteiger partial charge in [-0.05, 0) is 34.1 Å². The van der Waals surface area contributed by atoms with Gasteiger partial charge in [0.1, 0.15) is 5.04 Å². The summed E-state index contributed by atoms with van der Waals surface area (Å²) in [6.07, 6.45) is 0.752. The summed E-state index contributed by atoms with van der Waals surface area (Å²) >= 11 is 1.38. The molecule has 1 rings (SSSR count). The standard InChI is InChI=1S/C11H20N2O2S/c1-6-8-10(14)13(11(3,4)5)7(2)9(12-15)16-8/h7-8,15H,6H2,1-5H3. The van der Waals surface area contributed by atoms with Gasteiger partial charge in [0.2, 0.25) is 5.91 Å². The fourth-order valence-electron chi connectivity index (χ4n) is 2.03. The van der Waals surface area contributed by atoms with E-state index in [0.29, 0.717) is 5.04 Å². The number of carbonyl (C=O) groups is 1. The van der Waals surface area contributed by atoms with Crippen LogP contribution in [0.5, 0.6) is 0 Å². The highest BCUT2D eigenvalue weighted by Gasteiger charge is 2.42. The minimum absolute atomic E-state index is 0.124. The van der Waals surface area contributed by atoms with Gasteiger partial charge >= 0.3 is 0 Å². The molecule has 1 fully saturated rings. The van der Waals surface area contributed by atoms with Gasteiger partial charge in [0.05, 0.1) is 11.3 Å². The predicted molar refractivity (Wildman–Crippen MR) is 67.0 cm³/mol. The Kier molecular flexibility index (Phi) is 3.88. The highest BCUT2D eigenvalue weighted by atomic mass is 32.2. The van der Waals surface area contributed by atoms with E-state index in [2.05, 4.69) is 5.16 Å². The van der Waals surface area contributed by atoms with E-state index in [4.69, 9.17) is 5.21 Å². The molecular formula is C11H20N2O2S. The van der Waals surface area contributed by atoms with Crippen molar-refractivity contribution in [1.82, 2.24) is 4.90 Å². The molecule has 1 aliphatic rings. The molecule has 1 heterocycles. The second-order valence-electron chi connectivity index (χ2n) is 5.01. The third-order valence-electron chi connectivity index (χ3n) is 2.71. The van der Waals surface area contributed by atoms with Crippen LogP contribution in [-0.4, -0.2) is 37.9 Å². The van der Waals surface area contributed by atoms with Crippen molar-refractivity contribution in [3.8, 4) is 0 Å². The van der Waals surface area contributed by atoms with Gasteiger partial charge in [0, 0.05) is 5.54 Å². The summed E-state index contributed by atoms with van der Waals surface area (Å²) in [5, 5.41) is 12.8. The lowest BCUT2D eigenvalue weighted by Gasteiger charge is -2.45. The predicted octanol–water partition coefficient (Wildman–Crippen LogP) is 2.32. The van der Waals surface area contributed by atoms with Gasteiger partial charge in [-0.3, -0.25) is 4.79 Å². The van der Waals surface area contributed by atoms with E-state index in [9.17, 15) is 4.79 Å². The molecule has 2 unspecified atom stereocenters. The van der Waals surface area contributed by atoms with Crippen molar-refractivity contribution in [2.75, 3.05) is 0 Å². The van der Waals surface area contributed by atoms with E-state index < -0.39 is 0 Å². The van der Waals surface area contributed by atoms with Crippen LogP contribution < -0.4 is 0 Å². The van der Waals surface area contributed by atoms with Gasteiger partial charge in [-0.2, -0.15) is 0 Å². The average Bonchev–Trinajstić information content (AvgIpc) is 2.16. The van der Waals surface area contributed by atoms with Crippen LogP contribution in [0.3, 0.4) is 0 Å². The summed E-state index contributed by atoms with van der Waals surface area (Å²) in [6.45, 7) is 9.87. The zero-order valence-electron chi connectivity index (χ0n) is 10.5. The minimum atomic E-state index is -0.249. The Bertz CT molecular complexity index is 310. The molecule has 0 bridgehead atoms. The summed E-state index contributed by atoms with van der Waals surface area (Å²) < 4.78 is 0. The molecular weight excluding hydrogens is 224 g/mol. The van der Waals surface area contributed by atoms with Gasteiger partial charge in [-0.1, -0.05) is 23.8 Å². The first-order valence-corrected chi connectivity index (χ1v) is 6.42. The van der Waals surface area contributed by atoms with E-state index in [1.807, 2.05) is 39.5 Å². The van der Waals surface area contributed by atoms with E-state index in [0.717, 1.165) is 6.42 Å². The lowest BCUT2D eigenvalue weighted by molar-refractivity contribution is -0.136. The maximum atomic E-state index is 12.2. The second kappa shape index (κ2) is 4.65. The lowest BCUT2D eigenvalue weighted by atomic mass is 10.0. The highest BCUT2D eigenvalue weighted by Crippen LogP contribution is 2.33. The van der Waals surface area contributed by atoms with Crippen LogP contribution in [0.2, 0.25) is 0 Å². The van der Waals surface area contributed by atoms with E-state index in [-0.39, 0.29) is 22.7 Å². The van der Waals surface area contributed by atoms with Crippen molar-refractivity contribution >= 4 is 22.7 Å². The van der Waals surface area contributed by atoms with Crippen LogP contribution >= 0.6 is 11.8 Å². The summed E-state index contributed by atoms with van der Waals surface area (Å²) in [5.74, 6) is 0.139. The average molecular weight is 244 g/mol. The molecule has 5 heteroatoms. The maximum Gasteiger partial charge on any atom is 0.237 e. The molecule has 92 valence electrons. The van der Waals surface area contributed by atoms with Crippen LogP contribution in [0, 0.1) is 0 Å². The van der Waals surface area contributed by atoms with Gasteiger partial charge in [-0.15, -0.1) is 0 Å². The summed E-state index contributed by atoms with van der Waals surface area (Å²) in [7, 11) is 0. The molecule has 0 aromatic carbocycles. The molecule has 0 aromatic rings. The Morgan fingerprint density at radius 2 is 2.06 bits per heavy atom. The number of hydrogen-bond donors (Lipinski definition) is 1. The summed E-state index contributed by atoms with van der Waals surface area (Å²) in [6, 6.07) is -0.148. The van der Waals surface area contributed by atoms with E-state index in [1.54, 1.807) is 0 Å². The quantitative estimate of drug-likeness (QED) is 0.569. The second-order valence-corrected chi connectivity index (χ2v) is 6.23. The van der Waals surface area contributed by atoms with Crippen molar-refractivity contribution < 1.29 is 10.0 Å². The number of oxime groups is 1. The van der Waals surface area contributed by atoms with Gasteiger partial charge in [0.15, 0.2) is 0 Å². The SMILES string of the molecule is CCC1SC(=NO)C(C)N(C(C)(C)C)C1=O. The Labute approximate surface area is 101 Å². The van der Waals surface area contributed by atoms with Gasteiger partial charge in [-0.25, -0.2) is 0 Å². The maximum absolute atomic E-state index is 12.2. The zero-order chi connectivity index (χ0) is 12.5. The molecule has 1 N–H and O–H groups in total. The number of amides is 1. The summed E-state index contributed by atoms with van der Waals surface area (Å²) in [4.78, 5) is 14.1. The van der Waals surface area contributed by atoms with Crippen LogP contribution in [0.4, 0.5) is 0 Å². The molecule has 2 atom stereocenters. The van der Waals surface area contributed by atoms with Crippen LogP contribution in [0.15, 0.2) is 5.16 Å². The lowest BCUT2D eigenvalue weighted by Crippen LogP contribution is -2.58. The fraction of sp³-hybridized carbons (Fsp3) is 0.818. The number of carbonyl (C=O) groups excluding carboxylic acids is 1. The molecule has 1 amide bonds. The van der Waals surface area contributed by atoms with Crippen LogP contribution in [0.1, 0.15) is 41.0 Å². The molecule has 1 saturated heterocycles. The number of thioether (sulfide) groups is 1. The highest BCUT2D eigenvalue weighted by molar-refractivity contribution is 8.15. The number of nitrogens with zero attached hydrogens (tertiary/aromatic N) is 2. The first-order chi connectivity index (χ1) is 7.32. The molecule has 0 spiro atoms. The van der Waals surface area contributed by atoms with Crippen molar-refractivity contribution in [3.05, 3.63) is 0 Å². The molecule has 16 heavy (non-hydrogen) atoms. The molecule has 1 aliphatic heterocycles. The third-order valence-corrected chi connectivity index (χ3v) is 4.20. The monoisotopic (exact) mass is 244 g/mol. The van der Waals surface area contributed by atoms with Crippen LogP contribution in [-0.2, 0) is 4.79 Å². The first kappa shape index (κ1) is 13.4. The minimum Gasteiger partial charge on any atom is -0.410 e. The van der Waals surface area contributed by atoms with E-state index >= 15 is 0 Å². The van der Waals surface area contributed by atoms with Crippen molar-refractivity contribution in [2.24, 2.45) is 5.16 Å². The third kappa shape index (κ3) is 2.34. The number of hydrogen-bond acceptors (Lipinski definition) is 4. The van der Waals surface area contributed by atoms with Gasteiger partial charge in [0.25, 0.3) is 0 Å². The first-order valence-electron chi connectivity index (χ1n) is 5.54. The van der Waals surface area contributed by atoms with Gasteiger partial charge < -0.3 is 10.1 Å². The fourth-order valence-corrected chi connectivity index (χ4v) is 3.05. The van der Waals surface area contributed by atoms with Crippen molar-refractivity contribution in [1.29, 1.82) is 0 Å². The Hall–Kier alpha value is -0.710. The summed E-state index contributed by atoms with van der Waals surface area (Å²) in [5.41, 5.74) is -0.249. The molecule has 0 aliphatic carbocycles. The van der Waals surface area contributed by atoms with Crippen molar-refractivity contribution in [2.45, 2.75) is 57.9 Å². The van der Waals surface area contributed by atoms with E-state index in [1.165, 1.54) is 11.8 Å². The Morgan fingerprint density at radius 3 is 2.44 bits per heavy atom. The normalized spacial score (nSPS) is 29.9. The van der Waals surface area contributed by atoms with Crippen molar-refractivity contribution in [3.63, 3.8) is 0 Å². The largest absolute Gasteiger partial charge is 0.410 e. The smallest absolute Gasteiger partial charge is 0.237 e. The van der Waals surface area contributed by atoms with Crippen LogP contribution in [0.25, 0.3) is 0 Å². The Morgan fingerprint density at radius 1 is 1.50 bits per heavy atom. The molecule has 4 nitrogen and oxygen atoms in total.